The van der Waals surface area contributed by atoms with Gasteiger partial charge in [-0.1, -0.05) is 0 Å². The highest BCUT2D eigenvalue weighted by atomic mass is 32.2. The zero-order valence-electron chi connectivity index (χ0n) is 11.4. The van der Waals surface area contributed by atoms with Crippen molar-refractivity contribution in [2.75, 3.05) is 16.4 Å². The smallest absolute Gasteiger partial charge is 0.234 e. The van der Waals surface area contributed by atoms with Crippen molar-refractivity contribution in [3.05, 3.63) is 36.4 Å². The van der Waals surface area contributed by atoms with Gasteiger partial charge in [-0.2, -0.15) is 0 Å². The van der Waals surface area contributed by atoms with Crippen molar-refractivity contribution in [1.82, 2.24) is 9.55 Å². The number of carbonyl (C=O) groups is 1. The number of anilines is 2. The van der Waals surface area contributed by atoms with E-state index in [1.807, 2.05) is 36.0 Å². The molecule has 2 N–H and O–H groups in total. The Labute approximate surface area is 121 Å². The molecule has 0 fully saturated rings. The van der Waals surface area contributed by atoms with Crippen LogP contribution in [0.3, 0.4) is 0 Å². The lowest BCUT2D eigenvalue weighted by Gasteiger charge is -2.19. The Morgan fingerprint density at radius 1 is 1.50 bits per heavy atom. The maximum Gasteiger partial charge on any atom is 0.234 e. The normalized spacial score (nSPS) is 15.4. The van der Waals surface area contributed by atoms with Crippen LogP contribution in [0.1, 0.15) is 18.8 Å². The van der Waals surface area contributed by atoms with E-state index in [0.717, 1.165) is 22.1 Å². The lowest BCUT2D eigenvalue weighted by atomic mass is 10.2. The number of rotatable bonds is 3. The monoisotopic (exact) mass is 288 g/mol. The summed E-state index contributed by atoms with van der Waals surface area (Å²) in [6.07, 6.45) is 3.72. The van der Waals surface area contributed by atoms with Gasteiger partial charge in [0, 0.05) is 30.0 Å². The van der Waals surface area contributed by atoms with Crippen LogP contribution in [0.25, 0.3) is 0 Å². The van der Waals surface area contributed by atoms with Gasteiger partial charge < -0.3 is 15.2 Å². The number of nitrogens with zero attached hydrogens (tertiary/aromatic N) is 2. The summed E-state index contributed by atoms with van der Waals surface area (Å²) in [5.41, 5.74) is 1.85. The van der Waals surface area contributed by atoms with Crippen LogP contribution in [0.4, 0.5) is 11.4 Å². The fraction of sp³-hybridized carbons (Fsp3) is 0.286. The second-order valence-electron chi connectivity index (χ2n) is 4.81. The van der Waals surface area contributed by atoms with Crippen LogP contribution in [-0.2, 0) is 11.8 Å². The third-order valence-corrected chi connectivity index (χ3v) is 4.31. The fourth-order valence-corrected chi connectivity index (χ4v) is 3.07. The van der Waals surface area contributed by atoms with Crippen LogP contribution in [0, 0.1) is 0 Å². The maximum atomic E-state index is 11.4. The number of carbonyl (C=O) groups excluding carboxylic acids is 1. The number of imidazole rings is 1. The Kier molecular flexibility index (Phi) is 3.40. The molecule has 2 aromatic rings. The quantitative estimate of drug-likeness (QED) is 0.911. The van der Waals surface area contributed by atoms with Crippen molar-refractivity contribution in [2.45, 2.75) is 17.9 Å². The summed E-state index contributed by atoms with van der Waals surface area (Å²) in [5, 5.41) is 6.31. The van der Waals surface area contributed by atoms with E-state index in [1.54, 1.807) is 18.0 Å². The number of hydrogen-bond donors (Lipinski definition) is 2. The Morgan fingerprint density at radius 3 is 3.10 bits per heavy atom. The fourth-order valence-electron chi connectivity index (χ4n) is 2.28. The largest absolute Gasteiger partial charge is 0.375 e. The number of benzene rings is 1. The molecule has 2 heterocycles. The third-order valence-electron chi connectivity index (χ3n) is 3.24. The van der Waals surface area contributed by atoms with Gasteiger partial charge in [-0.15, -0.1) is 11.8 Å². The van der Waals surface area contributed by atoms with Crippen LogP contribution in [-0.4, -0.2) is 21.2 Å². The predicted molar refractivity (Wildman–Crippen MR) is 81.0 cm³/mol. The highest BCUT2D eigenvalue weighted by molar-refractivity contribution is 8.00. The van der Waals surface area contributed by atoms with E-state index in [0.29, 0.717) is 5.75 Å². The summed E-state index contributed by atoms with van der Waals surface area (Å²) in [7, 11) is 1.98. The maximum absolute atomic E-state index is 11.4. The Bertz CT molecular complexity index is 652. The summed E-state index contributed by atoms with van der Waals surface area (Å²) in [6.45, 7) is 2.06. The number of thioether (sulfide) groups is 1. The molecule has 1 aromatic heterocycles. The van der Waals surface area contributed by atoms with Crippen molar-refractivity contribution in [2.24, 2.45) is 7.05 Å². The molecule has 0 bridgehead atoms. The van der Waals surface area contributed by atoms with Gasteiger partial charge in [-0.3, -0.25) is 4.79 Å². The molecule has 1 unspecified atom stereocenters. The van der Waals surface area contributed by atoms with Crippen molar-refractivity contribution in [3.8, 4) is 0 Å². The predicted octanol–water partition coefficient (Wildman–Crippen LogP) is 2.64. The van der Waals surface area contributed by atoms with Gasteiger partial charge in [-0.05, 0) is 25.1 Å². The molecule has 20 heavy (non-hydrogen) atoms. The summed E-state index contributed by atoms with van der Waals surface area (Å²) in [4.78, 5) is 16.9. The second-order valence-corrected chi connectivity index (χ2v) is 5.83. The first-order valence-electron chi connectivity index (χ1n) is 6.44. The van der Waals surface area contributed by atoms with Crippen LogP contribution in [0.2, 0.25) is 0 Å². The standard InChI is InChI=1S/C14H16N4OS/c1-9(14-15-5-6-18(14)2)16-10-3-4-12-11(7-10)17-13(19)8-20-12/h3-7,9,16H,8H2,1-2H3,(H,17,19). The molecule has 1 amide bonds. The van der Waals surface area contributed by atoms with E-state index in [4.69, 9.17) is 0 Å². The van der Waals surface area contributed by atoms with E-state index in [9.17, 15) is 4.79 Å². The van der Waals surface area contributed by atoms with Gasteiger partial charge in [0.05, 0.1) is 17.5 Å². The van der Waals surface area contributed by atoms with Crippen molar-refractivity contribution < 1.29 is 4.79 Å². The topological polar surface area (TPSA) is 58.9 Å². The van der Waals surface area contributed by atoms with Crippen molar-refractivity contribution in [1.29, 1.82) is 0 Å². The van der Waals surface area contributed by atoms with E-state index >= 15 is 0 Å². The molecular formula is C14H16N4OS. The molecule has 0 saturated carbocycles. The number of amides is 1. The summed E-state index contributed by atoms with van der Waals surface area (Å²) < 4.78 is 1.99. The van der Waals surface area contributed by atoms with Gasteiger partial charge in [0.2, 0.25) is 5.91 Å². The number of fused-ring (bicyclic) bond motifs is 1. The molecule has 3 rings (SSSR count). The molecule has 1 atom stereocenters. The minimum absolute atomic E-state index is 0.0526. The molecular weight excluding hydrogens is 272 g/mol. The molecule has 6 heteroatoms. The molecule has 1 aliphatic heterocycles. The molecule has 1 aromatic carbocycles. The lowest BCUT2D eigenvalue weighted by Crippen LogP contribution is -2.19. The van der Waals surface area contributed by atoms with Gasteiger partial charge in [0.25, 0.3) is 0 Å². The average molecular weight is 288 g/mol. The third kappa shape index (κ3) is 2.51. The van der Waals surface area contributed by atoms with Crippen LogP contribution in [0.15, 0.2) is 35.5 Å². The van der Waals surface area contributed by atoms with Gasteiger partial charge in [0.1, 0.15) is 5.82 Å². The molecule has 0 spiro atoms. The van der Waals surface area contributed by atoms with E-state index in [-0.39, 0.29) is 11.9 Å². The lowest BCUT2D eigenvalue weighted by molar-refractivity contribution is -0.113. The summed E-state index contributed by atoms with van der Waals surface area (Å²) in [5.74, 6) is 1.52. The number of hydrogen-bond acceptors (Lipinski definition) is 4. The second kappa shape index (κ2) is 5.20. The van der Waals surface area contributed by atoms with Crippen LogP contribution >= 0.6 is 11.8 Å². The molecule has 5 nitrogen and oxygen atoms in total. The van der Waals surface area contributed by atoms with Gasteiger partial charge >= 0.3 is 0 Å². The number of nitrogens with one attached hydrogen (secondary N) is 2. The highest BCUT2D eigenvalue weighted by Crippen LogP contribution is 2.34. The molecule has 0 saturated heterocycles. The molecule has 0 aliphatic carbocycles. The average Bonchev–Trinajstić information content (AvgIpc) is 2.84. The van der Waals surface area contributed by atoms with Gasteiger partial charge in [-0.25, -0.2) is 4.98 Å². The molecule has 104 valence electrons. The zero-order valence-corrected chi connectivity index (χ0v) is 12.2. The molecule has 0 radical (unpaired) electrons. The van der Waals surface area contributed by atoms with Crippen molar-refractivity contribution in [3.63, 3.8) is 0 Å². The summed E-state index contributed by atoms with van der Waals surface area (Å²) >= 11 is 1.57. The van der Waals surface area contributed by atoms with Crippen LogP contribution < -0.4 is 10.6 Å². The number of aryl methyl sites for hydroxylation is 1. The minimum atomic E-state index is 0.0526. The Balaban J connectivity index is 1.80. The summed E-state index contributed by atoms with van der Waals surface area (Å²) in [6, 6.07) is 6.13. The number of aromatic nitrogens is 2. The van der Waals surface area contributed by atoms with Crippen molar-refractivity contribution >= 4 is 29.0 Å². The van der Waals surface area contributed by atoms with Crippen LogP contribution in [0.5, 0.6) is 0 Å². The first-order valence-corrected chi connectivity index (χ1v) is 7.42. The van der Waals surface area contributed by atoms with E-state index < -0.39 is 0 Å². The van der Waals surface area contributed by atoms with E-state index in [2.05, 4.69) is 22.5 Å². The van der Waals surface area contributed by atoms with E-state index in [1.165, 1.54) is 0 Å². The van der Waals surface area contributed by atoms with Gasteiger partial charge in [0.15, 0.2) is 0 Å². The molecule has 1 aliphatic rings. The zero-order chi connectivity index (χ0) is 14.1. The Hall–Kier alpha value is -1.95. The minimum Gasteiger partial charge on any atom is -0.375 e. The first-order chi connectivity index (χ1) is 9.63. The SMILES string of the molecule is CC(Nc1ccc2c(c1)NC(=O)CS2)c1nccn1C. The Morgan fingerprint density at radius 2 is 2.35 bits per heavy atom. The first kappa shape index (κ1) is 13.1. The highest BCUT2D eigenvalue weighted by Gasteiger charge is 2.16.